The van der Waals surface area contributed by atoms with E-state index in [2.05, 4.69) is 16.7 Å². The van der Waals surface area contributed by atoms with Gasteiger partial charge in [-0.2, -0.15) is 0 Å². The molecule has 0 aromatic heterocycles. The lowest BCUT2D eigenvalue weighted by Gasteiger charge is -2.33. The molecule has 0 N–H and O–H groups in total. The molecule has 0 radical (unpaired) electrons. The van der Waals surface area contributed by atoms with Gasteiger partial charge in [0.05, 0.1) is 0 Å². The van der Waals surface area contributed by atoms with Gasteiger partial charge in [-0.05, 0) is 30.8 Å². The zero-order valence-corrected chi connectivity index (χ0v) is 12.8. The van der Waals surface area contributed by atoms with E-state index < -0.39 is 0 Å². The first-order valence-electron chi connectivity index (χ1n) is 6.94. The average Bonchev–Trinajstić information content (AvgIpc) is 2.49. The molecule has 1 aromatic rings. The standard InChI is InChI=1S/C15H22N2O2.ClH/c1-2-16-7-9-17(10-8-16)11-12-19-15-5-3-14(13-18)4-6-15;/h3-6,13H,2,7-12H2,1H3;1H. The fraction of sp³-hybridized carbons (Fsp3) is 0.533. The summed E-state index contributed by atoms with van der Waals surface area (Å²) in [6, 6.07) is 7.25. The van der Waals surface area contributed by atoms with Crippen LogP contribution in [0.1, 0.15) is 17.3 Å². The van der Waals surface area contributed by atoms with Gasteiger partial charge in [0, 0.05) is 38.3 Å². The number of aldehydes is 1. The van der Waals surface area contributed by atoms with Crippen molar-refractivity contribution in [1.82, 2.24) is 9.80 Å². The van der Waals surface area contributed by atoms with Gasteiger partial charge in [0.1, 0.15) is 18.6 Å². The zero-order valence-electron chi connectivity index (χ0n) is 12.0. The quantitative estimate of drug-likeness (QED) is 0.752. The minimum Gasteiger partial charge on any atom is -0.492 e. The van der Waals surface area contributed by atoms with Crippen LogP contribution < -0.4 is 4.74 Å². The molecule has 0 unspecified atom stereocenters. The van der Waals surface area contributed by atoms with Gasteiger partial charge in [-0.1, -0.05) is 6.92 Å². The lowest BCUT2D eigenvalue weighted by molar-refractivity contribution is 0.112. The summed E-state index contributed by atoms with van der Waals surface area (Å²) >= 11 is 0. The Morgan fingerprint density at radius 2 is 1.70 bits per heavy atom. The molecule has 0 bridgehead atoms. The van der Waals surface area contributed by atoms with Crippen LogP contribution in [0.2, 0.25) is 0 Å². The number of carbonyl (C=O) groups is 1. The van der Waals surface area contributed by atoms with Crippen LogP contribution in [0.5, 0.6) is 5.75 Å². The summed E-state index contributed by atoms with van der Waals surface area (Å²) in [7, 11) is 0. The van der Waals surface area contributed by atoms with Gasteiger partial charge in [-0.25, -0.2) is 0 Å². The molecule has 0 saturated carbocycles. The molecule has 1 heterocycles. The van der Waals surface area contributed by atoms with Crippen LogP contribution >= 0.6 is 12.4 Å². The van der Waals surface area contributed by atoms with Crippen molar-refractivity contribution in [1.29, 1.82) is 0 Å². The second-order valence-electron chi connectivity index (χ2n) is 4.81. The Labute approximate surface area is 127 Å². The van der Waals surface area contributed by atoms with Crippen molar-refractivity contribution in [2.24, 2.45) is 0 Å². The molecule has 0 aliphatic carbocycles. The molecule has 20 heavy (non-hydrogen) atoms. The van der Waals surface area contributed by atoms with E-state index >= 15 is 0 Å². The number of rotatable bonds is 6. The SMILES string of the molecule is CCN1CCN(CCOc2ccc(C=O)cc2)CC1.Cl. The van der Waals surface area contributed by atoms with Crippen LogP contribution in [0.15, 0.2) is 24.3 Å². The summed E-state index contributed by atoms with van der Waals surface area (Å²) in [6.45, 7) is 9.59. The Morgan fingerprint density at radius 3 is 2.25 bits per heavy atom. The molecule has 4 nitrogen and oxygen atoms in total. The molecular formula is C15H23ClN2O2. The van der Waals surface area contributed by atoms with Gasteiger partial charge >= 0.3 is 0 Å². The summed E-state index contributed by atoms with van der Waals surface area (Å²) in [5, 5.41) is 0. The van der Waals surface area contributed by atoms with Gasteiger partial charge in [-0.3, -0.25) is 9.69 Å². The number of carbonyl (C=O) groups excluding carboxylic acids is 1. The predicted molar refractivity (Wildman–Crippen MR) is 83.1 cm³/mol. The molecule has 5 heteroatoms. The lowest BCUT2D eigenvalue weighted by Crippen LogP contribution is -2.47. The molecular weight excluding hydrogens is 276 g/mol. The van der Waals surface area contributed by atoms with Gasteiger partial charge in [0.15, 0.2) is 0 Å². The Bertz CT molecular complexity index is 389. The number of benzene rings is 1. The van der Waals surface area contributed by atoms with Crippen molar-refractivity contribution in [2.45, 2.75) is 6.92 Å². The van der Waals surface area contributed by atoms with Crippen molar-refractivity contribution < 1.29 is 9.53 Å². The molecule has 0 amide bonds. The second-order valence-corrected chi connectivity index (χ2v) is 4.81. The minimum atomic E-state index is 0. The number of hydrogen-bond donors (Lipinski definition) is 0. The monoisotopic (exact) mass is 298 g/mol. The van der Waals surface area contributed by atoms with E-state index in [0.717, 1.165) is 51.3 Å². The molecule has 1 aliphatic heterocycles. The number of nitrogens with zero attached hydrogens (tertiary/aromatic N) is 2. The normalized spacial score (nSPS) is 16.4. The predicted octanol–water partition coefficient (Wildman–Crippen LogP) is 1.94. The first-order valence-corrected chi connectivity index (χ1v) is 6.94. The highest BCUT2D eigenvalue weighted by Gasteiger charge is 2.14. The highest BCUT2D eigenvalue weighted by molar-refractivity contribution is 5.85. The van der Waals surface area contributed by atoms with Crippen molar-refractivity contribution >= 4 is 18.7 Å². The highest BCUT2D eigenvalue weighted by atomic mass is 35.5. The highest BCUT2D eigenvalue weighted by Crippen LogP contribution is 2.11. The summed E-state index contributed by atoms with van der Waals surface area (Å²) in [5.74, 6) is 0.831. The fourth-order valence-corrected chi connectivity index (χ4v) is 2.26. The Kier molecular flexibility index (Phi) is 7.59. The molecule has 2 rings (SSSR count). The fourth-order valence-electron chi connectivity index (χ4n) is 2.26. The van der Waals surface area contributed by atoms with Crippen LogP contribution in [0.25, 0.3) is 0 Å². The van der Waals surface area contributed by atoms with Crippen LogP contribution in [0.3, 0.4) is 0 Å². The number of likely N-dealkylation sites (N-methyl/N-ethyl adjacent to an activating group) is 1. The van der Waals surface area contributed by atoms with Crippen molar-refractivity contribution in [3.05, 3.63) is 29.8 Å². The molecule has 1 saturated heterocycles. The van der Waals surface area contributed by atoms with Crippen LogP contribution in [0, 0.1) is 0 Å². The van der Waals surface area contributed by atoms with E-state index in [9.17, 15) is 4.79 Å². The van der Waals surface area contributed by atoms with E-state index in [4.69, 9.17) is 4.74 Å². The average molecular weight is 299 g/mol. The van der Waals surface area contributed by atoms with E-state index in [1.807, 2.05) is 12.1 Å². The lowest BCUT2D eigenvalue weighted by atomic mass is 10.2. The first kappa shape index (κ1) is 17.0. The summed E-state index contributed by atoms with van der Waals surface area (Å²) in [5.41, 5.74) is 0.683. The summed E-state index contributed by atoms with van der Waals surface area (Å²) < 4.78 is 5.69. The van der Waals surface area contributed by atoms with Crippen LogP contribution in [-0.2, 0) is 0 Å². The zero-order chi connectivity index (χ0) is 13.5. The van der Waals surface area contributed by atoms with E-state index in [1.165, 1.54) is 0 Å². The van der Waals surface area contributed by atoms with Crippen molar-refractivity contribution in [3.63, 3.8) is 0 Å². The molecule has 1 fully saturated rings. The first-order chi connectivity index (χ1) is 9.31. The number of piperazine rings is 1. The van der Waals surface area contributed by atoms with E-state index in [1.54, 1.807) is 12.1 Å². The molecule has 0 spiro atoms. The van der Waals surface area contributed by atoms with Gasteiger partial charge in [0.2, 0.25) is 0 Å². The molecule has 112 valence electrons. The van der Waals surface area contributed by atoms with Gasteiger partial charge in [0.25, 0.3) is 0 Å². The van der Waals surface area contributed by atoms with E-state index in [-0.39, 0.29) is 12.4 Å². The maximum absolute atomic E-state index is 10.5. The van der Waals surface area contributed by atoms with E-state index in [0.29, 0.717) is 12.2 Å². The Balaban J connectivity index is 0.00000200. The third kappa shape index (κ3) is 5.12. The van der Waals surface area contributed by atoms with Gasteiger partial charge < -0.3 is 9.64 Å². The number of hydrogen-bond acceptors (Lipinski definition) is 4. The van der Waals surface area contributed by atoms with Crippen LogP contribution in [0.4, 0.5) is 0 Å². The second kappa shape index (κ2) is 8.95. The number of halogens is 1. The number of ether oxygens (including phenoxy) is 1. The Morgan fingerprint density at radius 1 is 1.10 bits per heavy atom. The molecule has 0 atom stereocenters. The third-order valence-electron chi connectivity index (χ3n) is 3.60. The molecule has 1 aromatic carbocycles. The van der Waals surface area contributed by atoms with Crippen molar-refractivity contribution in [3.8, 4) is 5.75 Å². The minimum absolute atomic E-state index is 0. The topological polar surface area (TPSA) is 32.8 Å². The summed E-state index contributed by atoms with van der Waals surface area (Å²) in [6.07, 6.45) is 0.844. The largest absolute Gasteiger partial charge is 0.492 e. The maximum Gasteiger partial charge on any atom is 0.150 e. The summed E-state index contributed by atoms with van der Waals surface area (Å²) in [4.78, 5) is 15.4. The smallest absolute Gasteiger partial charge is 0.150 e. The van der Waals surface area contributed by atoms with Gasteiger partial charge in [-0.15, -0.1) is 12.4 Å². The maximum atomic E-state index is 10.5. The third-order valence-corrected chi connectivity index (χ3v) is 3.60. The molecule has 1 aliphatic rings. The Hall–Kier alpha value is -1.10. The van der Waals surface area contributed by atoms with Crippen LogP contribution in [-0.4, -0.2) is 62.0 Å². The van der Waals surface area contributed by atoms with Crippen molar-refractivity contribution in [2.75, 3.05) is 45.9 Å².